The third kappa shape index (κ3) is 3.20. The Kier molecular flexibility index (Phi) is 4.05. The summed E-state index contributed by atoms with van der Waals surface area (Å²) in [5.41, 5.74) is 1.59. The number of aromatic amines is 1. The summed E-state index contributed by atoms with van der Waals surface area (Å²) in [4.78, 5) is -0.210. The third-order valence-corrected chi connectivity index (χ3v) is 4.21. The predicted octanol–water partition coefficient (Wildman–Crippen LogP) is 2.61. The van der Waals surface area contributed by atoms with Crippen molar-refractivity contribution in [3.63, 3.8) is 0 Å². The molecule has 0 unspecified atom stereocenters. The molecule has 0 spiro atoms. The summed E-state index contributed by atoms with van der Waals surface area (Å²) in [7, 11) is -4.49. The van der Waals surface area contributed by atoms with Gasteiger partial charge in [-0.05, 0) is 11.1 Å². The van der Waals surface area contributed by atoms with Crippen molar-refractivity contribution in [1.82, 2.24) is 15.4 Å². The highest BCUT2D eigenvalue weighted by molar-refractivity contribution is 7.95. The fourth-order valence-electron chi connectivity index (χ4n) is 2.33. The van der Waals surface area contributed by atoms with Crippen LogP contribution in [0, 0.1) is 0 Å². The third-order valence-electron chi connectivity index (χ3n) is 3.25. The minimum atomic E-state index is -4.49. The topological polar surface area (TPSA) is 95.9 Å². The molecule has 23 heavy (non-hydrogen) atoms. The zero-order valence-electron chi connectivity index (χ0n) is 11.9. The fourth-order valence-corrected chi connectivity index (χ4v) is 3.25. The summed E-state index contributed by atoms with van der Waals surface area (Å²) in [6, 6.07) is 17.3. The molecular formula is C16H13N3O3S. The quantitative estimate of drug-likeness (QED) is 0.567. The number of aromatic nitrogens is 3. The molecule has 0 aliphatic heterocycles. The fraction of sp³-hybridized carbons (Fsp3) is 0. The number of hydrogen-bond acceptors (Lipinski definition) is 4. The molecule has 0 atom stereocenters. The van der Waals surface area contributed by atoms with E-state index in [0.29, 0.717) is 16.8 Å². The number of H-pyrrole nitrogens is 1. The number of nitrogens with one attached hydrogen (secondary N) is 1. The molecule has 0 amide bonds. The van der Waals surface area contributed by atoms with Gasteiger partial charge in [0.1, 0.15) is 10.6 Å². The van der Waals surface area contributed by atoms with E-state index in [2.05, 4.69) is 15.4 Å². The highest BCUT2D eigenvalue weighted by Crippen LogP contribution is 2.33. The molecule has 6 nitrogen and oxygen atoms in total. The molecule has 116 valence electrons. The molecule has 0 radical (unpaired) electrons. The molecule has 1 heterocycles. The van der Waals surface area contributed by atoms with Crippen LogP contribution in [0.4, 0.5) is 0 Å². The summed E-state index contributed by atoms with van der Waals surface area (Å²) in [6.07, 6.45) is 1.41. The maximum atomic E-state index is 12.1. The highest BCUT2D eigenvalue weighted by atomic mass is 32.2. The second kappa shape index (κ2) is 6.15. The van der Waals surface area contributed by atoms with Crippen LogP contribution in [0.1, 0.15) is 16.8 Å². The van der Waals surface area contributed by atoms with E-state index in [4.69, 9.17) is 0 Å². The van der Waals surface area contributed by atoms with Gasteiger partial charge in [-0.25, -0.2) is 0 Å². The van der Waals surface area contributed by atoms with Gasteiger partial charge in [0.2, 0.25) is 0 Å². The smallest absolute Gasteiger partial charge is 0.282 e. The van der Waals surface area contributed by atoms with Crippen molar-refractivity contribution < 1.29 is 13.0 Å². The lowest BCUT2D eigenvalue weighted by Crippen LogP contribution is -2.06. The monoisotopic (exact) mass is 327 g/mol. The van der Waals surface area contributed by atoms with Gasteiger partial charge < -0.3 is 0 Å². The Morgan fingerprint density at radius 2 is 1.48 bits per heavy atom. The molecule has 2 aromatic carbocycles. The van der Waals surface area contributed by atoms with Crippen molar-refractivity contribution in [3.05, 3.63) is 83.7 Å². The summed E-state index contributed by atoms with van der Waals surface area (Å²) in [6.45, 7) is 0. The molecule has 7 heteroatoms. The molecule has 3 aromatic rings. The van der Waals surface area contributed by atoms with Crippen molar-refractivity contribution in [2.24, 2.45) is 0 Å². The van der Waals surface area contributed by atoms with Crippen LogP contribution in [0.2, 0.25) is 0 Å². The van der Waals surface area contributed by atoms with Crippen LogP contribution in [0.25, 0.3) is 10.5 Å². The summed E-state index contributed by atoms with van der Waals surface area (Å²) < 4.78 is 34.0. The number of hydrogen-bond donors (Lipinski definition) is 2. The Morgan fingerprint density at radius 3 is 1.96 bits per heavy atom. The van der Waals surface area contributed by atoms with Crippen LogP contribution < -0.4 is 0 Å². The minimum Gasteiger partial charge on any atom is -0.282 e. The van der Waals surface area contributed by atoms with E-state index in [1.165, 1.54) is 6.20 Å². The van der Waals surface area contributed by atoms with E-state index in [9.17, 15) is 13.0 Å². The van der Waals surface area contributed by atoms with Gasteiger partial charge in [0.25, 0.3) is 10.1 Å². The van der Waals surface area contributed by atoms with Gasteiger partial charge in [-0.1, -0.05) is 60.7 Å². The van der Waals surface area contributed by atoms with Gasteiger partial charge in [0, 0.05) is 5.57 Å². The van der Waals surface area contributed by atoms with E-state index in [1.807, 2.05) is 6.07 Å². The largest absolute Gasteiger partial charge is 0.295 e. The molecule has 0 saturated carbocycles. The van der Waals surface area contributed by atoms with Crippen molar-refractivity contribution in [1.29, 1.82) is 0 Å². The molecule has 0 saturated heterocycles. The zero-order valence-corrected chi connectivity index (χ0v) is 12.7. The second-order valence-corrected chi connectivity index (χ2v) is 6.12. The van der Waals surface area contributed by atoms with Crippen LogP contribution in [0.3, 0.4) is 0 Å². The number of rotatable bonds is 4. The van der Waals surface area contributed by atoms with Crippen LogP contribution >= 0.6 is 0 Å². The van der Waals surface area contributed by atoms with Crippen molar-refractivity contribution in [2.75, 3.05) is 0 Å². The maximum absolute atomic E-state index is 12.1. The lowest BCUT2D eigenvalue weighted by molar-refractivity contribution is 0.496. The Labute approximate surface area is 133 Å². The molecule has 0 aliphatic carbocycles. The second-order valence-electron chi connectivity index (χ2n) is 4.77. The Balaban J connectivity index is 2.41. The average molecular weight is 327 g/mol. The Hall–Kier alpha value is -2.77. The molecule has 3 rings (SSSR count). The van der Waals surface area contributed by atoms with Crippen molar-refractivity contribution >= 4 is 20.6 Å². The van der Waals surface area contributed by atoms with E-state index in [0.717, 1.165) is 0 Å². The summed E-state index contributed by atoms with van der Waals surface area (Å²) in [5, 5.41) is 10.2. The standard InChI is InChI=1S/C16H13N3O3S/c20-23(21,22)16(13-9-5-2-6-10-13)15(14-11-17-19-18-14)12-7-3-1-4-8-12/h1-11H,(H,17,18,19)(H,20,21,22). The van der Waals surface area contributed by atoms with Crippen molar-refractivity contribution in [2.45, 2.75) is 0 Å². The average Bonchev–Trinajstić information content (AvgIpc) is 3.07. The van der Waals surface area contributed by atoms with Gasteiger partial charge >= 0.3 is 0 Å². The van der Waals surface area contributed by atoms with Crippen LogP contribution in [-0.2, 0) is 10.1 Å². The van der Waals surface area contributed by atoms with E-state index < -0.39 is 10.1 Å². The number of benzene rings is 2. The van der Waals surface area contributed by atoms with Gasteiger partial charge in [0.15, 0.2) is 0 Å². The van der Waals surface area contributed by atoms with Crippen LogP contribution in [0.5, 0.6) is 0 Å². The van der Waals surface area contributed by atoms with Crippen molar-refractivity contribution in [3.8, 4) is 0 Å². The SMILES string of the molecule is O=S(=O)(O)C(=C(c1ccccc1)c1cn[nH]n1)c1ccccc1. The van der Waals surface area contributed by atoms with Crippen LogP contribution in [0.15, 0.2) is 66.9 Å². The summed E-state index contributed by atoms with van der Waals surface area (Å²) >= 11 is 0. The van der Waals surface area contributed by atoms with E-state index in [1.54, 1.807) is 54.6 Å². The minimum absolute atomic E-state index is 0.210. The lowest BCUT2D eigenvalue weighted by Gasteiger charge is -2.12. The first-order valence-corrected chi connectivity index (χ1v) is 8.20. The first-order valence-electron chi connectivity index (χ1n) is 6.76. The number of nitrogens with zero attached hydrogens (tertiary/aromatic N) is 2. The molecular weight excluding hydrogens is 314 g/mol. The Bertz CT molecular complexity index is 919. The lowest BCUT2D eigenvalue weighted by atomic mass is 10.00. The molecule has 0 fully saturated rings. The van der Waals surface area contributed by atoms with Gasteiger partial charge in [-0.3, -0.25) is 4.55 Å². The molecule has 2 N–H and O–H groups in total. The summed E-state index contributed by atoms with van der Waals surface area (Å²) in [5.74, 6) is 0. The van der Waals surface area contributed by atoms with Gasteiger partial charge in [0.05, 0.1) is 6.20 Å². The Morgan fingerprint density at radius 1 is 0.913 bits per heavy atom. The normalized spacial score (nSPS) is 12.7. The molecule has 0 aliphatic rings. The maximum Gasteiger partial charge on any atom is 0.295 e. The zero-order chi connectivity index (χ0) is 16.3. The van der Waals surface area contributed by atoms with E-state index >= 15 is 0 Å². The van der Waals surface area contributed by atoms with E-state index in [-0.39, 0.29) is 10.5 Å². The predicted molar refractivity (Wildman–Crippen MR) is 86.7 cm³/mol. The molecule has 0 bridgehead atoms. The first-order chi connectivity index (χ1) is 11.1. The van der Waals surface area contributed by atoms with Crippen LogP contribution in [-0.4, -0.2) is 28.4 Å². The first kappa shape index (κ1) is 15.1. The van der Waals surface area contributed by atoms with Gasteiger partial charge in [-0.15, -0.1) is 0 Å². The highest BCUT2D eigenvalue weighted by Gasteiger charge is 2.25. The molecule has 1 aromatic heterocycles. The van der Waals surface area contributed by atoms with Gasteiger partial charge in [-0.2, -0.15) is 23.8 Å².